The second-order valence-corrected chi connectivity index (χ2v) is 5.53. The van der Waals surface area contributed by atoms with Gasteiger partial charge >= 0.3 is 0 Å². The fourth-order valence-corrected chi connectivity index (χ4v) is 3.31. The van der Waals surface area contributed by atoms with Crippen molar-refractivity contribution in [3.63, 3.8) is 0 Å². The lowest BCUT2D eigenvalue weighted by molar-refractivity contribution is -0.104. The molecule has 2 heteroatoms. The van der Waals surface area contributed by atoms with Crippen LogP contribution in [0.5, 0.6) is 0 Å². The van der Waals surface area contributed by atoms with Crippen molar-refractivity contribution in [3.8, 4) is 0 Å². The van der Waals surface area contributed by atoms with Gasteiger partial charge in [-0.3, -0.25) is 4.79 Å². The average molecular weight is 291 g/mol. The number of benzene rings is 4. The highest BCUT2D eigenvalue weighted by Crippen LogP contribution is 2.38. The van der Waals surface area contributed by atoms with E-state index in [9.17, 15) is 4.79 Å². The molecule has 4 aromatic rings. The molecule has 0 saturated heterocycles. The van der Waals surface area contributed by atoms with Gasteiger partial charge in [0, 0.05) is 5.56 Å². The molecular weight excluding hydrogens is 280 g/mol. The summed E-state index contributed by atoms with van der Waals surface area (Å²) in [5.41, 5.74) is 0.898. The zero-order chi connectivity index (χ0) is 14.4. The van der Waals surface area contributed by atoms with Crippen LogP contribution in [0.4, 0.5) is 0 Å². The Morgan fingerprint density at radius 2 is 1.43 bits per heavy atom. The highest BCUT2D eigenvalue weighted by Gasteiger charge is 2.11. The Labute approximate surface area is 126 Å². The minimum atomic E-state index is 0.475. The Morgan fingerprint density at radius 1 is 0.810 bits per heavy atom. The molecule has 0 unspecified atom stereocenters. The minimum absolute atomic E-state index is 0.475. The number of aldehydes is 1. The third-order valence-electron chi connectivity index (χ3n) is 4.00. The zero-order valence-electron chi connectivity index (χ0n) is 11.1. The lowest BCUT2D eigenvalue weighted by Gasteiger charge is -2.13. The van der Waals surface area contributed by atoms with E-state index in [4.69, 9.17) is 11.6 Å². The van der Waals surface area contributed by atoms with E-state index in [-0.39, 0.29) is 0 Å². The van der Waals surface area contributed by atoms with Crippen LogP contribution in [0.3, 0.4) is 0 Å². The standard InChI is InChI=1S/C19H11ClO/c20-17(10-11-21)15-8-6-14-5-4-12-2-1-3-13-7-9-16(15)19(14)18(12)13/h1-11H. The average Bonchev–Trinajstić information content (AvgIpc) is 2.52. The number of hydrogen-bond acceptors (Lipinski definition) is 1. The Bertz CT molecular complexity index is 998. The first kappa shape index (κ1) is 12.4. The van der Waals surface area contributed by atoms with E-state index in [0.717, 1.165) is 17.2 Å². The van der Waals surface area contributed by atoms with Crippen molar-refractivity contribution in [1.29, 1.82) is 0 Å². The van der Waals surface area contributed by atoms with Crippen LogP contribution >= 0.6 is 11.6 Å². The Hall–Kier alpha value is -2.38. The maximum absolute atomic E-state index is 10.7. The van der Waals surface area contributed by atoms with Crippen LogP contribution in [0, 0.1) is 0 Å². The van der Waals surface area contributed by atoms with Crippen molar-refractivity contribution in [1.82, 2.24) is 0 Å². The van der Waals surface area contributed by atoms with Gasteiger partial charge in [0.2, 0.25) is 0 Å². The van der Waals surface area contributed by atoms with E-state index < -0.39 is 0 Å². The van der Waals surface area contributed by atoms with E-state index in [1.165, 1.54) is 33.0 Å². The van der Waals surface area contributed by atoms with Crippen LogP contribution in [0.1, 0.15) is 5.56 Å². The zero-order valence-corrected chi connectivity index (χ0v) is 11.9. The molecule has 0 amide bonds. The molecule has 0 fully saturated rings. The van der Waals surface area contributed by atoms with Gasteiger partial charge in [-0.05, 0) is 38.4 Å². The number of hydrogen-bond donors (Lipinski definition) is 0. The van der Waals surface area contributed by atoms with Crippen LogP contribution < -0.4 is 0 Å². The number of halogens is 1. The molecule has 0 atom stereocenters. The van der Waals surface area contributed by atoms with Crippen LogP contribution in [-0.4, -0.2) is 6.29 Å². The van der Waals surface area contributed by atoms with Crippen LogP contribution in [0.2, 0.25) is 0 Å². The Kier molecular flexibility index (Phi) is 2.69. The first-order valence-electron chi connectivity index (χ1n) is 6.77. The molecule has 0 saturated carbocycles. The molecule has 0 aliphatic rings. The third kappa shape index (κ3) is 1.75. The van der Waals surface area contributed by atoms with E-state index in [1.54, 1.807) is 0 Å². The van der Waals surface area contributed by atoms with Crippen LogP contribution in [0.15, 0.2) is 60.7 Å². The number of carbonyl (C=O) groups excluding carboxylic acids is 1. The summed E-state index contributed by atoms with van der Waals surface area (Å²) >= 11 is 6.26. The third-order valence-corrected chi connectivity index (χ3v) is 4.33. The number of rotatable bonds is 2. The summed E-state index contributed by atoms with van der Waals surface area (Å²) < 4.78 is 0. The molecule has 0 bridgehead atoms. The largest absolute Gasteiger partial charge is 0.299 e. The summed E-state index contributed by atoms with van der Waals surface area (Å²) in [7, 11) is 0. The highest BCUT2D eigenvalue weighted by atomic mass is 35.5. The molecule has 0 spiro atoms. The van der Waals surface area contributed by atoms with E-state index >= 15 is 0 Å². The first-order valence-corrected chi connectivity index (χ1v) is 7.15. The smallest absolute Gasteiger partial charge is 0.144 e. The molecule has 100 valence electrons. The van der Waals surface area contributed by atoms with Gasteiger partial charge in [-0.15, -0.1) is 0 Å². The summed E-state index contributed by atoms with van der Waals surface area (Å²) in [5.74, 6) is 0. The summed E-state index contributed by atoms with van der Waals surface area (Å²) in [4.78, 5) is 10.7. The molecule has 0 radical (unpaired) electrons. The second-order valence-electron chi connectivity index (χ2n) is 5.12. The van der Waals surface area contributed by atoms with Gasteiger partial charge < -0.3 is 0 Å². The Balaban J connectivity index is 2.26. The first-order chi connectivity index (χ1) is 10.3. The second kappa shape index (κ2) is 4.57. The molecular formula is C19H11ClO. The van der Waals surface area contributed by atoms with Crippen molar-refractivity contribution >= 4 is 55.2 Å². The SMILES string of the molecule is O=CC=C(Cl)c1ccc2ccc3cccc4ccc1c2c34. The molecule has 0 N–H and O–H groups in total. The molecule has 4 rings (SSSR count). The van der Waals surface area contributed by atoms with Gasteiger partial charge in [-0.2, -0.15) is 0 Å². The summed E-state index contributed by atoms with van der Waals surface area (Å²) in [5, 5.41) is 7.65. The summed E-state index contributed by atoms with van der Waals surface area (Å²) in [6.45, 7) is 0. The van der Waals surface area contributed by atoms with Gasteiger partial charge in [0.05, 0.1) is 5.03 Å². The monoisotopic (exact) mass is 290 g/mol. The van der Waals surface area contributed by atoms with Crippen molar-refractivity contribution < 1.29 is 4.79 Å². The van der Waals surface area contributed by atoms with Crippen molar-refractivity contribution in [3.05, 3.63) is 66.2 Å². The normalized spacial score (nSPS) is 12.5. The van der Waals surface area contributed by atoms with E-state index in [0.29, 0.717) is 5.03 Å². The fourth-order valence-electron chi connectivity index (χ4n) is 3.09. The molecule has 0 aliphatic heterocycles. The minimum Gasteiger partial charge on any atom is -0.299 e. The van der Waals surface area contributed by atoms with Gasteiger partial charge in [0.1, 0.15) is 6.29 Å². The molecule has 4 aromatic carbocycles. The molecule has 21 heavy (non-hydrogen) atoms. The lowest BCUT2D eigenvalue weighted by Crippen LogP contribution is -1.87. The van der Waals surface area contributed by atoms with Crippen LogP contribution in [0.25, 0.3) is 37.3 Å². The van der Waals surface area contributed by atoms with Gasteiger partial charge in [-0.1, -0.05) is 66.2 Å². The van der Waals surface area contributed by atoms with E-state index in [2.05, 4.69) is 48.5 Å². The van der Waals surface area contributed by atoms with Crippen molar-refractivity contribution in [2.45, 2.75) is 0 Å². The highest BCUT2D eigenvalue weighted by molar-refractivity contribution is 6.51. The van der Waals surface area contributed by atoms with Crippen molar-refractivity contribution in [2.75, 3.05) is 0 Å². The lowest BCUT2D eigenvalue weighted by atomic mass is 9.92. The van der Waals surface area contributed by atoms with Gasteiger partial charge in [-0.25, -0.2) is 0 Å². The van der Waals surface area contributed by atoms with Crippen molar-refractivity contribution in [2.24, 2.45) is 0 Å². The maximum atomic E-state index is 10.7. The molecule has 0 heterocycles. The summed E-state index contributed by atoms with van der Waals surface area (Å²) in [6.07, 6.45) is 2.12. The fraction of sp³-hybridized carbons (Fsp3) is 0. The maximum Gasteiger partial charge on any atom is 0.144 e. The number of allylic oxidation sites excluding steroid dienone is 1. The predicted molar refractivity (Wildman–Crippen MR) is 90.0 cm³/mol. The molecule has 0 aromatic heterocycles. The van der Waals surface area contributed by atoms with E-state index in [1.807, 2.05) is 6.07 Å². The molecule has 0 aliphatic carbocycles. The quantitative estimate of drug-likeness (QED) is 0.276. The van der Waals surface area contributed by atoms with Crippen LogP contribution in [-0.2, 0) is 4.79 Å². The topological polar surface area (TPSA) is 17.1 Å². The number of carbonyl (C=O) groups is 1. The predicted octanol–water partition coefficient (Wildman–Crippen LogP) is 5.36. The summed E-state index contributed by atoms with van der Waals surface area (Å²) in [6, 6.07) is 18.8. The Morgan fingerprint density at radius 3 is 2.14 bits per heavy atom. The van der Waals surface area contributed by atoms with Gasteiger partial charge in [0.15, 0.2) is 0 Å². The van der Waals surface area contributed by atoms with Gasteiger partial charge in [0.25, 0.3) is 0 Å². The molecule has 1 nitrogen and oxygen atoms in total.